The van der Waals surface area contributed by atoms with Gasteiger partial charge in [-0.3, -0.25) is 10.4 Å². The molecule has 4 N–H and O–H groups in total. The van der Waals surface area contributed by atoms with Gasteiger partial charge in [-0.05, 0) is 17.7 Å². The zero-order chi connectivity index (χ0) is 12.3. The van der Waals surface area contributed by atoms with E-state index in [4.69, 9.17) is 10.6 Å². The van der Waals surface area contributed by atoms with E-state index in [-0.39, 0.29) is 0 Å². The largest absolute Gasteiger partial charge is 0.493 e. The highest BCUT2D eigenvalue weighted by molar-refractivity contribution is 9.10. The highest BCUT2D eigenvalue weighted by Crippen LogP contribution is 2.32. The molecular weight excluding hydrogens is 284 g/mol. The quantitative estimate of drug-likeness (QED) is 0.329. The average Bonchev–Trinajstić information content (AvgIpc) is 2.78. The predicted octanol–water partition coefficient (Wildman–Crippen LogP) is 0.923. The maximum absolute atomic E-state index is 5.63. The Bertz CT molecular complexity index is 447. The topological polar surface area (TPSA) is 71.7 Å². The van der Waals surface area contributed by atoms with Crippen molar-refractivity contribution < 1.29 is 4.74 Å². The summed E-state index contributed by atoms with van der Waals surface area (Å²) in [5.74, 6) is 6.84. The van der Waals surface area contributed by atoms with Crippen LogP contribution in [0.5, 0.6) is 5.75 Å². The van der Waals surface area contributed by atoms with Crippen molar-refractivity contribution in [1.82, 2.24) is 10.7 Å². The van der Waals surface area contributed by atoms with Gasteiger partial charge in [0.25, 0.3) is 0 Å². The van der Waals surface area contributed by atoms with Crippen LogP contribution in [0.1, 0.15) is 11.1 Å². The number of hydrazine groups is 1. The van der Waals surface area contributed by atoms with E-state index in [1.165, 1.54) is 5.56 Å². The molecule has 1 aromatic rings. The number of nitrogens with two attached hydrogens (primary N) is 1. The van der Waals surface area contributed by atoms with Crippen molar-refractivity contribution in [2.45, 2.75) is 13.0 Å². The van der Waals surface area contributed by atoms with E-state index in [1.54, 1.807) is 7.05 Å². The second-order valence-corrected chi connectivity index (χ2v) is 4.64. The van der Waals surface area contributed by atoms with Crippen LogP contribution in [0.15, 0.2) is 21.6 Å². The van der Waals surface area contributed by atoms with Crippen molar-refractivity contribution >= 4 is 21.9 Å². The van der Waals surface area contributed by atoms with E-state index in [0.29, 0.717) is 12.5 Å². The summed E-state index contributed by atoms with van der Waals surface area (Å²) >= 11 is 3.50. The van der Waals surface area contributed by atoms with Gasteiger partial charge < -0.3 is 10.1 Å². The van der Waals surface area contributed by atoms with E-state index < -0.39 is 0 Å². The van der Waals surface area contributed by atoms with Gasteiger partial charge in [-0.15, -0.1) is 0 Å². The maximum atomic E-state index is 5.63. The standard InChI is InChI=1S/C11H15BrN4O/c1-14-11(16-13)15-6-8-5-9(12)4-7-2-3-17-10(7)8/h4-5H,2-3,6,13H2,1H3,(H2,14,15,16). The van der Waals surface area contributed by atoms with E-state index in [1.807, 2.05) is 6.07 Å². The Morgan fingerprint density at radius 3 is 3.12 bits per heavy atom. The van der Waals surface area contributed by atoms with Crippen LogP contribution in [0.3, 0.4) is 0 Å². The lowest BCUT2D eigenvalue weighted by Crippen LogP contribution is -2.41. The normalized spacial score (nSPS) is 14.2. The number of hydrogen-bond donors (Lipinski definition) is 3. The summed E-state index contributed by atoms with van der Waals surface area (Å²) in [5.41, 5.74) is 4.83. The molecule has 0 radical (unpaired) electrons. The second kappa shape index (κ2) is 5.37. The van der Waals surface area contributed by atoms with Gasteiger partial charge in [-0.25, -0.2) is 5.84 Å². The zero-order valence-corrected chi connectivity index (χ0v) is 11.2. The Kier molecular flexibility index (Phi) is 3.86. The molecular formula is C11H15BrN4O. The number of fused-ring (bicyclic) bond motifs is 1. The molecule has 0 amide bonds. The molecule has 0 saturated carbocycles. The molecule has 0 bridgehead atoms. The number of ether oxygens (including phenoxy) is 1. The smallest absolute Gasteiger partial charge is 0.205 e. The summed E-state index contributed by atoms with van der Waals surface area (Å²) in [5, 5.41) is 3.11. The molecule has 5 nitrogen and oxygen atoms in total. The van der Waals surface area contributed by atoms with Gasteiger partial charge in [0.15, 0.2) is 0 Å². The third-order valence-corrected chi connectivity index (χ3v) is 3.09. The SMILES string of the molecule is CN=C(NN)NCc1cc(Br)cc2c1OCC2. The minimum Gasteiger partial charge on any atom is -0.493 e. The van der Waals surface area contributed by atoms with Crippen molar-refractivity contribution in [2.75, 3.05) is 13.7 Å². The molecule has 6 heteroatoms. The van der Waals surface area contributed by atoms with Gasteiger partial charge in [-0.2, -0.15) is 0 Å². The first-order valence-corrected chi connectivity index (χ1v) is 6.15. The van der Waals surface area contributed by atoms with Crippen LogP contribution in [0.25, 0.3) is 0 Å². The Hall–Kier alpha value is -1.27. The Morgan fingerprint density at radius 1 is 1.59 bits per heavy atom. The first-order valence-electron chi connectivity index (χ1n) is 5.36. The number of nitrogens with zero attached hydrogens (tertiary/aromatic N) is 1. The lowest BCUT2D eigenvalue weighted by atomic mass is 10.1. The van der Waals surface area contributed by atoms with Crippen LogP contribution in [0, 0.1) is 0 Å². The average molecular weight is 299 g/mol. The number of guanidine groups is 1. The Balaban J connectivity index is 2.16. The number of nitrogens with one attached hydrogen (secondary N) is 2. The summed E-state index contributed by atoms with van der Waals surface area (Å²) in [6.45, 7) is 1.38. The van der Waals surface area contributed by atoms with Crippen LogP contribution in [0.2, 0.25) is 0 Å². The number of halogens is 1. The van der Waals surface area contributed by atoms with Crippen molar-refractivity contribution in [3.8, 4) is 5.75 Å². The van der Waals surface area contributed by atoms with E-state index in [2.05, 4.69) is 37.7 Å². The second-order valence-electron chi connectivity index (χ2n) is 3.72. The van der Waals surface area contributed by atoms with Crippen LogP contribution >= 0.6 is 15.9 Å². The monoisotopic (exact) mass is 298 g/mol. The molecule has 1 heterocycles. The molecule has 1 aliphatic rings. The summed E-state index contributed by atoms with van der Waals surface area (Å²) in [6.07, 6.45) is 0.964. The molecule has 1 aromatic carbocycles. The van der Waals surface area contributed by atoms with Crippen molar-refractivity contribution in [3.63, 3.8) is 0 Å². The first-order chi connectivity index (χ1) is 8.24. The van der Waals surface area contributed by atoms with Gasteiger partial charge in [0.2, 0.25) is 5.96 Å². The van der Waals surface area contributed by atoms with Crippen molar-refractivity contribution in [3.05, 3.63) is 27.7 Å². The first kappa shape index (κ1) is 12.2. The molecule has 0 aromatic heterocycles. The molecule has 2 rings (SSSR count). The molecule has 1 aliphatic heterocycles. The number of hydrogen-bond acceptors (Lipinski definition) is 3. The van der Waals surface area contributed by atoms with Crippen molar-refractivity contribution in [2.24, 2.45) is 10.8 Å². The summed E-state index contributed by atoms with van der Waals surface area (Å²) in [6, 6.07) is 4.14. The van der Waals surface area contributed by atoms with Crippen LogP contribution < -0.4 is 21.3 Å². The maximum Gasteiger partial charge on any atom is 0.205 e. The third kappa shape index (κ3) is 2.70. The predicted molar refractivity (Wildman–Crippen MR) is 70.9 cm³/mol. The molecule has 0 spiro atoms. The van der Waals surface area contributed by atoms with Crippen LogP contribution in [-0.2, 0) is 13.0 Å². The summed E-state index contributed by atoms with van der Waals surface area (Å²) in [7, 11) is 1.67. The fourth-order valence-electron chi connectivity index (χ4n) is 1.85. The number of aliphatic imine (C=N–C) groups is 1. The van der Waals surface area contributed by atoms with Gasteiger partial charge in [0, 0.05) is 30.0 Å². The van der Waals surface area contributed by atoms with Gasteiger partial charge in [0.05, 0.1) is 6.61 Å². The van der Waals surface area contributed by atoms with Gasteiger partial charge in [-0.1, -0.05) is 15.9 Å². The van der Waals surface area contributed by atoms with E-state index in [0.717, 1.165) is 28.8 Å². The molecule has 0 atom stereocenters. The lowest BCUT2D eigenvalue weighted by Gasteiger charge is -2.12. The van der Waals surface area contributed by atoms with Gasteiger partial charge >= 0.3 is 0 Å². The molecule has 0 aliphatic carbocycles. The minimum atomic E-state index is 0.553. The van der Waals surface area contributed by atoms with Crippen LogP contribution in [-0.4, -0.2) is 19.6 Å². The Labute approximate surface area is 109 Å². The lowest BCUT2D eigenvalue weighted by molar-refractivity contribution is 0.353. The minimum absolute atomic E-state index is 0.553. The summed E-state index contributed by atoms with van der Waals surface area (Å²) < 4.78 is 6.70. The number of rotatable bonds is 2. The molecule has 17 heavy (non-hydrogen) atoms. The molecule has 92 valence electrons. The van der Waals surface area contributed by atoms with E-state index in [9.17, 15) is 0 Å². The van der Waals surface area contributed by atoms with E-state index >= 15 is 0 Å². The number of benzene rings is 1. The van der Waals surface area contributed by atoms with Gasteiger partial charge in [0.1, 0.15) is 5.75 Å². The Morgan fingerprint density at radius 2 is 2.41 bits per heavy atom. The van der Waals surface area contributed by atoms with Crippen molar-refractivity contribution in [1.29, 1.82) is 0 Å². The highest BCUT2D eigenvalue weighted by Gasteiger charge is 2.17. The fraction of sp³-hybridized carbons (Fsp3) is 0.364. The van der Waals surface area contributed by atoms with Crippen LogP contribution in [0.4, 0.5) is 0 Å². The molecule has 0 fully saturated rings. The molecule has 0 unspecified atom stereocenters. The third-order valence-electron chi connectivity index (χ3n) is 2.63. The molecule has 0 saturated heterocycles. The highest BCUT2D eigenvalue weighted by atomic mass is 79.9. The fourth-order valence-corrected chi connectivity index (χ4v) is 2.40. The summed E-state index contributed by atoms with van der Waals surface area (Å²) in [4.78, 5) is 3.95. The zero-order valence-electron chi connectivity index (χ0n) is 9.59.